The Kier molecular flexibility index (Phi) is 6.46. The average molecular weight is 375 g/mol. The number of benzene rings is 1. The first-order valence-corrected chi connectivity index (χ1v) is 9.88. The normalized spacial score (nSPS) is 15.7. The highest BCUT2D eigenvalue weighted by molar-refractivity contribution is 7.19. The molecule has 6 nitrogen and oxygen atoms in total. The van der Waals surface area contributed by atoms with Crippen LogP contribution < -0.4 is 16.0 Å². The van der Waals surface area contributed by atoms with Gasteiger partial charge >= 0.3 is 0 Å². The molecule has 1 saturated carbocycles. The van der Waals surface area contributed by atoms with Gasteiger partial charge in [0.05, 0.1) is 0 Å². The molecule has 7 heteroatoms. The van der Waals surface area contributed by atoms with E-state index in [1.165, 1.54) is 4.70 Å². The van der Waals surface area contributed by atoms with Crippen molar-refractivity contribution < 1.29 is 9.90 Å². The maximum absolute atomic E-state index is 11.6. The molecule has 4 N–H and O–H groups in total. The van der Waals surface area contributed by atoms with Crippen LogP contribution in [0.15, 0.2) is 35.3 Å². The van der Waals surface area contributed by atoms with E-state index in [0.29, 0.717) is 31.5 Å². The Bertz CT molecular complexity index is 737. The molecule has 1 fully saturated rings. The van der Waals surface area contributed by atoms with Gasteiger partial charge in [-0.25, -0.2) is 0 Å². The van der Waals surface area contributed by atoms with E-state index in [1.807, 2.05) is 18.2 Å². The van der Waals surface area contributed by atoms with Crippen molar-refractivity contribution in [1.29, 1.82) is 0 Å². The zero-order valence-electron chi connectivity index (χ0n) is 15.0. The number of hydrogen-bond acceptors (Lipinski definition) is 4. The van der Waals surface area contributed by atoms with Crippen molar-refractivity contribution >= 4 is 33.3 Å². The van der Waals surface area contributed by atoms with Gasteiger partial charge in [-0.3, -0.25) is 9.79 Å². The van der Waals surface area contributed by atoms with Crippen LogP contribution in [0.2, 0.25) is 0 Å². The summed E-state index contributed by atoms with van der Waals surface area (Å²) in [5.41, 5.74) is 0. The lowest BCUT2D eigenvalue weighted by molar-refractivity contribution is -0.121. The number of nitrogens with zero attached hydrogens (tertiary/aromatic N) is 1. The molecular weight excluding hydrogens is 348 g/mol. The number of aliphatic hydroxyl groups excluding tert-OH is 1. The predicted octanol–water partition coefficient (Wildman–Crippen LogP) is 2.16. The molecule has 0 spiro atoms. The summed E-state index contributed by atoms with van der Waals surface area (Å²) in [6.07, 6.45) is 2.91. The average Bonchev–Trinajstić information content (AvgIpc) is 3.34. The molecule has 1 aromatic heterocycles. The van der Waals surface area contributed by atoms with E-state index in [2.05, 4.69) is 33.1 Å². The monoisotopic (exact) mass is 374 g/mol. The van der Waals surface area contributed by atoms with Crippen LogP contribution in [0.1, 0.15) is 36.7 Å². The number of guanidine groups is 1. The first-order chi connectivity index (χ1) is 12.7. The largest absolute Gasteiger partial charge is 0.386 e. The van der Waals surface area contributed by atoms with Crippen LogP contribution in [0.3, 0.4) is 0 Å². The van der Waals surface area contributed by atoms with Gasteiger partial charge in [-0.15, -0.1) is 11.3 Å². The van der Waals surface area contributed by atoms with Crippen molar-refractivity contribution in [2.45, 2.75) is 37.8 Å². The van der Waals surface area contributed by atoms with E-state index in [9.17, 15) is 9.90 Å². The first kappa shape index (κ1) is 18.7. The number of aliphatic imine (C=N–C) groups is 1. The minimum Gasteiger partial charge on any atom is -0.386 e. The fourth-order valence-electron chi connectivity index (χ4n) is 2.66. The Morgan fingerprint density at radius 3 is 2.88 bits per heavy atom. The van der Waals surface area contributed by atoms with Crippen LogP contribution in [0.25, 0.3) is 10.1 Å². The van der Waals surface area contributed by atoms with Gasteiger partial charge < -0.3 is 21.1 Å². The maximum atomic E-state index is 11.6. The standard InChI is InChI=1S/C19H26N4O2S/c1-20-19(21-10-4-7-18(25)23-14-8-9-14)22-12-15(24)17-11-13-5-2-3-6-16(13)26-17/h2-3,5-6,11,14-15,24H,4,7-10,12H2,1H3,(H,23,25)(H2,20,21,22). The van der Waals surface area contributed by atoms with E-state index < -0.39 is 6.10 Å². The third-order valence-electron chi connectivity index (χ3n) is 4.27. The lowest BCUT2D eigenvalue weighted by atomic mass is 10.2. The van der Waals surface area contributed by atoms with Gasteiger partial charge in [0.2, 0.25) is 5.91 Å². The first-order valence-electron chi connectivity index (χ1n) is 9.06. The number of amides is 1. The maximum Gasteiger partial charge on any atom is 0.220 e. The molecule has 0 bridgehead atoms. The lowest BCUT2D eigenvalue weighted by Crippen LogP contribution is -2.40. The molecular formula is C19H26N4O2S. The molecule has 1 amide bonds. The minimum absolute atomic E-state index is 0.123. The molecule has 1 heterocycles. The Balaban J connectivity index is 1.38. The SMILES string of the molecule is CN=C(NCCCC(=O)NC1CC1)NCC(O)c1cc2ccccc2s1. The van der Waals surface area contributed by atoms with Crippen molar-refractivity contribution in [2.24, 2.45) is 4.99 Å². The Hall–Kier alpha value is -2.12. The van der Waals surface area contributed by atoms with Crippen LogP contribution in [-0.4, -0.2) is 43.2 Å². The highest BCUT2D eigenvalue weighted by Crippen LogP contribution is 2.29. The molecule has 1 aliphatic carbocycles. The van der Waals surface area contributed by atoms with E-state index in [-0.39, 0.29) is 5.91 Å². The summed E-state index contributed by atoms with van der Waals surface area (Å²) in [5.74, 6) is 0.755. The van der Waals surface area contributed by atoms with Gasteiger partial charge in [-0.05, 0) is 36.8 Å². The molecule has 1 unspecified atom stereocenters. The number of rotatable bonds is 8. The fourth-order valence-corrected chi connectivity index (χ4v) is 3.72. The molecule has 140 valence electrons. The van der Waals surface area contributed by atoms with Gasteiger partial charge in [-0.1, -0.05) is 18.2 Å². The van der Waals surface area contributed by atoms with Gasteiger partial charge in [-0.2, -0.15) is 0 Å². The predicted molar refractivity (Wildman–Crippen MR) is 107 cm³/mol. The van der Waals surface area contributed by atoms with Crippen molar-refractivity contribution in [3.05, 3.63) is 35.2 Å². The molecule has 1 aliphatic rings. The molecule has 1 aromatic carbocycles. The highest BCUT2D eigenvalue weighted by Gasteiger charge is 2.22. The fraction of sp³-hybridized carbons (Fsp3) is 0.474. The highest BCUT2D eigenvalue weighted by atomic mass is 32.1. The second-order valence-corrected chi connectivity index (χ2v) is 7.64. The summed E-state index contributed by atoms with van der Waals surface area (Å²) in [6.45, 7) is 1.05. The molecule has 1 atom stereocenters. The number of hydrogen-bond donors (Lipinski definition) is 4. The Labute approximate surface area is 157 Å². The number of fused-ring (bicyclic) bond motifs is 1. The second-order valence-electron chi connectivity index (χ2n) is 6.53. The summed E-state index contributed by atoms with van der Waals surface area (Å²) in [6, 6.07) is 10.6. The Morgan fingerprint density at radius 1 is 1.35 bits per heavy atom. The van der Waals surface area contributed by atoms with Crippen molar-refractivity contribution in [3.8, 4) is 0 Å². The van der Waals surface area contributed by atoms with Gasteiger partial charge in [0.15, 0.2) is 5.96 Å². The zero-order chi connectivity index (χ0) is 18.4. The summed E-state index contributed by atoms with van der Waals surface area (Å²) in [5, 5.41) is 20.9. The van der Waals surface area contributed by atoms with Gasteiger partial charge in [0, 0.05) is 42.2 Å². The van der Waals surface area contributed by atoms with E-state index >= 15 is 0 Å². The van der Waals surface area contributed by atoms with Crippen LogP contribution in [0.4, 0.5) is 0 Å². The number of nitrogens with one attached hydrogen (secondary N) is 3. The Morgan fingerprint density at radius 2 is 2.15 bits per heavy atom. The van der Waals surface area contributed by atoms with Crippen molar-refractivity contribution in [2.75, 3.05) is 20.1 Å². The molecule has 0 radical (unpaired) electrons. The lowest BCUT2D eigenvalue weighted by Gasteiger charge is -2.14. The molecule has 26 heavy (non-hydrogen) atoms. The number of carbonyl (C=O) groups is 1. The quantitative estimate of drug-likeness (QED) is 0.324. The van der Waals surface area contributed by atoms with E-state index in [0.717, 1.165) is 29.5 Å². The van der Waals surface area contributed by atoms with Crippen LogP contribution in [0.5, 0.6) is 0 Å². The van der Waals surface area contributed by atoms with Crippen molar-refractivity contribution in [3.63, 3.8) is 0 Å². The van der Waals surface area contributed by atoms with Crippen LogP contribution in [0, 0.1) is 0 Å². The molecule has 0 aliphatic heterocycles. The third kappa shape index (κ3) is 5.44. The van der Waals surface area contributed by atoms with Crippen LogP contribution in [-0.2, 0) is 4.79 Å². The van der Waals surface area contributed by atoms with Gasteiger partial charge in [0.25, 0.3) is 0 Å². The number of thiophene rings is 1. The van der Waals surface area contributed by atoms with Crippen molar-refractivity contribution in [1.82, 2.24) is 16.0 Å². The topological polar surface area (TPSA) is 85.8 Å². The summed E-state index contributed by atoms with van der Waals surface area (Å²) >= 11 is 1.60. The second kappa shape index (κ2) is 9.00. The summed E-state index contributed by atoms with van der Waals surface area (Å²) < 4.78 is 1.17. The third-order valence-corrected chi connectivity index (χ3v) is 5.49. The summed E-state index contributed by atoms with van der Waals surface area (Å²) in [4.78, 5) is 16.7. The number of carbonyl (C=O) groups excluding carboxylic acids is 1. The van der Waals surface area contributed by atoms with E-state index in [1.54, 1.807) is 18.4 Å². The molecule has 2 aromatic rings. The number of aliphatic hydroxyl groups is 1. The van der Waals surface area contributed by atoms with Gasteiger partial charge in [0.1, 0.15) is 6.10 Å². The van der Waals surface area contributed by atoms with E-state index in [4.69, 9.17) is 0 Å². The molecule has 3 rings (SSSR count). The van der Waals surface area contributed by atoms with Crippen LogP contribution >= 0.6 is 11.3 Å². The molecule has 0 saturated heterocycles. The summed E-state index contributed by atoms with van der Waals surface area (Å²) in [7, 11) is 1.70. The zero-order valence-corrected chi connectivity index (χ0v) is 15.8. The smallest absolute Gasteiger partial charge is 0.220 e. The minimum atomic E-state index is -0.588.